The number of fused-ring (bicyclic) bond motifs is 3. The minimum Gasteiger partial charge on any atom is -0.460 e. The van der Waals surface area contributed by atoms with Gasteiger partial charge in [0, 0.05) is 51.4 Å². The zero-order chi connectivity index (χ0) is 47.5. The third-order valence-electron chi connectivity index (χ3n) is 14.2. The van der Waals surface area contributed by atoms with Crippen molar-refractivity contribution in [1.82, 2.24) is 4.90 Å². The van der Waals surface area contributed by atoms with Gasteiger partial charge in [-0.25, -0.2) is 4.79 Å². The van der Waals surface area contributed by atoms with Gasteiger partial charge < -0.3 is 44.3 Å². The van der Waals surface area contributed by atoms with E-state index in [1.807, 2.05) is 32.1 Å². The average Bonchev–Trinajstić information content (AvgIpc) is 3.26. The zero-order valence-electron chi connectivity index (χ0n) is 39.6. The summed E-state index contributed by atoms with van der Waals surface area (Å²) in [4.78, 5) is 71.4. The predicted octanol–water partition coefficient (Wildman–Crippen LogP) is 5.53. The third kappa shape index (κ3) is 13.8. The molecule has 1 saturated carbocycles. The van der Waals surface area contributed by atoms with Crippen LogP contribution in [0.3, 0.4) is 0 Å². The molecule has 14 nitrogen and oxygen atoms in total. The van der Waals surface area contributed by atoms with E-state index in [0.717, 1.165) is 4.90 Å². The molecule has 14 heteroatoms. The number of aliphatic hydroxyl groups is 4. The van der Waals surface area contributed by atoms with E-state index in [9.17, 15) is 44.4 Å². The van der Waals surface area contributed by atoms with Gasteiger partial charge in [0.2, 0.25) is 5.79 Å². The fourth-order valence-corrected chi connectivity index (χ4v) is 9.85. The summed E-state index contributed by atoms with van der Waals surface area (Å²) in [6.45, 7) is 12.5. The molecular formula is C50H77NO13. The predicted molar refractivity (Wildman–Crippen MR) is 240 cm³/mol. The number of carbonyl (C=O) groups is 5. The Kier molecular flexibility index (Phi) is 20.3. The molecule has 4 aliphatic rings. The Morgan fingerprint density at radius 2 is 1.58 bits per heavy atom. The fraction of sp³-hybridized carbons (Fsp3) is 0.740. The van der Waals surface area contributed by atoms with Gasteiger partial charge in [0.15, 0.2) is 5.78 Å². The van der Waals surface area contributed by atoms with Crippen LogP contribution < -0.4 is 0 Å². The van der Waals surface area contributed by atoms with Gasteiger partial charge in [-0.3, -0.25) is 19.2 Å². The lowest BCUT2D eigenvalue weighted by molar-refractivity contribution is -0.265. The first-order valence-electron chi connectivity index (χ1n) is 23.5. The molecule has 0 aromatic rings. The van der Waals surface area contributed by atoms with E-state index >= 15 is 0 Å². The number of Topliss-reactive ketones (excluding diaryl/α,β-unsaturated/α-hetero) is 3. The van der Waals surface area contributed by atoms with Crippen LogP contribution in [0.15, 0.2) is 47.6 Å². The molecule has 4 N–H and O–H groups in total. The van der Waals surface area contributed by atoms with E-state index in [1.165, 1.54) is 7.11 Å². The highest BCUT2D eigenvalue weighted by atomic mass is 16.6. The number of ether oxygens (including phenoxy) is 4. The summed E-state index contributed by atoms with van der Waals surface area (Å²) in [5.74, 6) is -8.24. The molecule has 4 rings (SSSR count). The van der Waals surface area contributed by atoms with Crippen molar-refractivity contribution in [3.05, 3.63) is 47.6 Å². The Hall–Kier alpha value is -3.37. The number of carbonyl (C=O) groups excluding carboxylic acids is 5. The largest absolute Gasteiger partial charge is 0.460 e. The zero-order valence-corrected chi connectivity index (χ0v) is 39.6. The van der Waals surface area contributed by atoms with E-state index in [0.29, 0.717) is 68.9 Å². The molecule has 1 aliphatic carbocycles. The van der Waals surface area contributed by atoms with Crippen molar-refractivity contribution in [3.63, 3.8) is 0 Å². The molecule has 0 aromatic heterocycles. The topological polar surface area (TPSA) is 206 Å². The van der Waals surface area contributed by atoms with Crippen molar-refractivity contribution < 1.29 is 63.3 Å². The number of esters is 1. The number of aliphatic hydroxyl groups excluding tert-OH is 3. The molecule has 0 radical (unpaired) electrons. The second-order valence-electron chi connectivity index (χ2n) is 19.4. The summed E-state index contributed by atoms with van der Waals surface area (Å²) in [7, 11) is 2.93. The lowest BCUT2D eigenvalue weighted by Crippen LogP contribution is -2.61. The van der Waals surface area contributed by atoms with E-state index in [4.69, 9.17) is 18.9 Å². The second-order valence-corrected chi connectivity index (χ2v) is 19.4. The Morgan fingerprint density at radius 1 is 0.859 bits per heavy atom. The molecule has 3 aliphatic heterocycles. The van der Waals surface area contributed by atoms with Crippen LogP contribution in [0, 0.1) is 35.5 Å². The molecule has 64 heavy (non-hydrogen) atoms. The minimum absolute atomic E-state index is 0.00489. The van der Waals surface area contributed by atoms with Crippen molar-refractivity contribution in [2.45, 2.75) is 180 Å². The van der Waals surface area contributed by atoms with E-state index < -0.39 is 83.9 Å². The van der Waals surface area contributed by atoms with Crippen molar-refractivity contribution in [1.29, 1.82) is 0 Å². The van der Waals surface area contributed by atoms with Gasteiger partial charge in [0.1, 0.15) is 30.1 Å². The highest BCUT2D eigenvalue weighted by Crippen LogP contribution is 2.37. The number of nitrogens with zero attached hydrogens (tertiary/aromatic N) is 1. The SMILES string of the molecule is COC1C(=O)[C@H](C)C[C@H](C)C=CC=CC=C(C)[C@@H](O)C[C@@H]2CC[C@@H](C)[C@@](O)(O2)C(=O)C(=O)N2CCCC[C@H]2C(=O)O[C@H]([C@H](C)C[C@@H]2CC[C@@H](O)[C@H](OC)C2)CC(=O)[C@H](C)C=C(C)[C@H]1O. The van der Waals surface area contributed by atoms with Crippen molar-refractivity contribution in [2.75, 3.05) is 20.8 Å². The first-order valence-corrected chi connectivity index (χ1v) is 23.5. The normalized spacial score (nSPS) is 38.2. The van der Waals surface area contributed by atoms with E-state index in [2.05, 4.69) is 0 Å². The number of cyclic esters (lactones) is 1. The van der Waals surface area contributed by atoms with Gasteiger partial charge in [-0.1, -0.05) is 71.1 Å². The Labute approximate surface area is 380 Å². The number of hydrogen-bond acceptors (Lipinski definition) is 13. The number of allylic oxidation sites excluding steroid dienone is 6. The fourth-order valence-electron chi connectivity index (χ4n) is 9.85. The van der Waals surface area contributed by atoms with Gasteiger partial charge in [0.25, 0.3) is 11.7 Å². The van der Waals surface area contributed by atoms with Crippen LogP contribution in [-0.2, 0) is 42.9 Å². The molecule has 2 saturated heterocycles. The molecule has 1 amide bonds. The highest BCUT2D eigenvalue weighted by molar-refractivity contribution is 6.39. The maximum absolute atomic E-state index is 14.3. The molecule has 2 bridgehead atoms. The summed E-state index contributed by atoms with van der Waals surface area (Å²) < 4.78 is 23.3. The van der Waals surface area contributed by atoms with Crippen molar-refractivity contribution >= 4 is 29.2 Å². The maximum atomic E-state index is 14.3. The number of hydrogen-bond donors (Lipinski definition) is 4. The van der Waals surface area contributed by atoms with E-state index in [1.54, 1.807) is 60.0 Å². The van der Waals surface area contributed by atoms with Crippen LogP contribution in [-0.4, -0.2) is 130 Å². The first kappa shape index (κ1) is 53.2. The lowest BCUT2D eigenvalue weighted by Gasteiger charge is -2.42. The van der Waals surface area contributed by atoms with Gasteiger partial charge in [-0.05, 0) is 107 Å². The number of rotatable bonds is 5. The number of amides is 1. The summed E-state index contributed by atoms with van der Waals surface area (Å²) in [6.07, 6.45) is 9.53. The van der Waals surface area contributed by atoms with Crippen molar-refractivity contribution in [3.8, 4) is 0 Å². The Morgan fingerprint density at radius 3 is 2.27 bits per heavy atom. The van der Waals surface area contributed by atoms with Gasteiger partial charge in [-0.2, -0.15) is 0 Å². The van der Waals surface area contributed by atoms with Gasteiger partial charge >= 0.3 is 5.97 Å². The molecular weight excluding hydrogens is 823 g/mol. The monoisotopic (exact) mass is 900 g/mol. The lowest BCUT2D eigenvalue weighted by atomic mass is 9.78. The van der Waals surface area contributed by atoms with Gasteiger partial charge in [0.05, 0.1) is 24.4 Å². The number of piperidine rings is 1. The summed E-state index contributed by atoms with van der Waals surface area (Å²) in [5, 5.41) is 44.8. The summed E-state index contributed by atoms with van der Waals surface area (Å²) >= 11 is 0. The van der Waals surface area contributed by atoms with Crippen LogP contribution >= 0.6 is 0 Å². The average molecular weight is 900 g/mol. The Balaban J connectivity index is 1.69. The van der Waals surface area contributed by atoms with Crippen LogP contribution in [0.4, 0.5) is 0 Å². The number of ketones is 3. The number of methoxy groups -OCH3 is 2. The van der Waals surface area contributed by atoms with Crippen LogP contribution in [0.25, 0.3) is 0 Å². The molecule has 0 spiro atoms. The summed E-state index contributed by atoms with van der Waals surface area (Å²) in [5.41, 5.74) is 1.000. The molecule has 3 fully saturated rings. The highest BCUT2D eigenvalue weighted by Gasteiger charge is 2.53. The summed E-state index contributed by atoms with van der Waals surface area (Å²) in [6, 6.07) is -1.16. The van der Waals surface area contributed by atoms with Crippen LogP contribution in [0.5, 0.6) is 0 Å². The first-order chi connectivity index (χ1) is 30.2. The smallest absolute Gasteiger partial charge is 0.329 e. The molecule has 360 valence electrons. The third-order valence-corrected chi connectivity index (χ3v) is 14.2. The quantitative estimate of drug-likeness (QED) is 0.153. The van der Waals surface area contributed by atoms with Crippen molar-refractivity contribution in [2.24, 2.45) is 35.5 Å². The minimum atomic E-state index is -2.48. The van der Waals surface area contributed by atoms with Crippen LogP contribution in [0.2, 0.25) is 0 Å². The standard InChI is InChI=1S/C50H77NO13/c1-29-15-11-10-12-16-30(2)40(53)27-37-20-18-35(7)50(60,64-37)47(57)48(58)51-22-14-13-17-38(51)49(59)63-42(32(4)25-36-19-21-39(52)43(26-36)61-8)28-41(54)31(3)24-34(6)45(56)46(62-9)44(55)33(5)23-29/h10-12,15-16,24,29,31-33,35-40,42-43,45-46,52-53,56,60H,13-14,17-23,25-28H2,1-9H3/t29-,31-,32-,33-,35-,36+,37+,38+,39-,40+,42+,43-,45-,46?,50-/m1/s1. The molecule has 15 atom stereocenters. The van der Waals surface area contributed by atoms with E-state index in [-0.39, 0.29) is 61.2 Å². The molecule has 0 aromatic carbocycles. The maximum Gasteiger partial charge on any atom is 0.329 e. The Bertz CT molecular complexity index is 1740. The van der Waals surface area contributed by atoms with Crippen LogP contribution in [0.1, 0.15) is 126 Å². The molecule has 3 heterocycles. The van der Waals surface area contributed by atoms with Gasteiger partial charge in [-0.15, -0.1) is 0 Å². The molecule has 1 unspecified atom stereocenters. The second kappa shape index (κ2) is 24.4.